The number of para-hydroxylation sites is 1. The average molecular weight is 475 g/mol. The van der Waals surface area contributed by atoms with Gasteiger partial charge in [0, 0.05) is 21.9 Å². The predicted molar refractivity (Wildman–Crippen MR) is 128 cm³/mol. The lowest BCUT2D eigenvalue weighted by molar-refractivity contribution is 0.0690. The summed E-state index contributed by atoms with van der Waals surface area (Å²) in [6.45, 7) is 0.358. The first-order valence-electron chi connectivity index (χ1n) is 11.1. The highest BCUT2D eigenvalue weighted by atomic mass is 19.2. The fourth-order valence-corrected chi connectivity index (χ4v) is 4.43. The molecule has 0 radical (unpaired) electrons. The van der Waals surface area contributed by atoms with Crippen molar-refractivity contribution in [3.8, 4) is 16.9 Å². The summed E-state index contributed by atoms with van der Waals surface area (Å²) in [7, 11) is 0. The Labute approximate surface area is 198 Å². The number of hydrogen-bond acceptors (Lipinski definition) is 2. The number of rotatable bonds is 7. The molecule has 0 saturated heterocycles. The van der Waals surface area contributed by atoms with Crippen molar-refractivity contribution >= 4 is 27.6 Å². The van der Waals surface area contributed by atoms with Crippen LogP contribution in [0.15, 0.2) is 72.8 Å². The topological polar surface area (TPSA) is 62.3 Å². The average Bonchev–Trinajstić information content (AvgIpc) is 3.25. The molecule has 5 rings (SSSR count). The number of hydrogen-bond donors (Lipinski definition) is 2. The number of H-pyrrole nitrogens is 1. The third-order valence-corrected chi connectivity index (χ3v) is 6.06. The van der Waals surface area contributed by atoms with E-state index in [-0.39, 0.29) is 16.8 Å². The fourth-order valence-electron chi connectivity index (χ4n) is 4.43. The van der Waals surface area contributed by atoms with Crippen molar-refractivity contribution in [2.45, 2.75) is 12.8 Å². The number of aryl methyl sites for hydroxylation is 1. The van der Waals surface area contributed by atoms with E-state index < -0.39 is 23.4 Å². The molecule has 0 spiro atoms. The molecule has 0 fully saturated rings. The Morgan fingerprint density at radius 2 is 1.57 bits per heavy atom. The van der Waals surface area contributed by atoms with E-state index in [2.05, 4.69) is 4.98 Å². The predicted octanol–water partition coefficient (Wildman–Crippen LogP) is 7.12. The summed E-state index contributed by atoms with van der Waals surface area (Å²) in [5.74, 6) is -4.60. The van der Waals surface area contributed by atoms with Crippen LogP contribution in [0, 0.1) is 17.5 Å². The number of carbonyl (C=O) groups is 1. The van der Waals surface area contributed by atoms with Crippen LogP contribution in [0.2, 0.25) is 0 Å². The molecule has 0 aliphatic rings. The Morgan fingerprint density at radius 3 is 2.40 bits per heavy atom. The first-order chi connectivity index (χ1) is 17.0. The Kier molecular flexibility index (Phi) is 5.91. The van der Waals surface area contributed by atoms with Crippen molar-refractivity contribution in [2.24, 2.45) is 0 Å². The maximum Gasteiger partial charge on any atom is 0.352 e. The van der Waals surface area contributed by atoms with Crippen LogP contribution in [0.5, 0.6) is 5.75 Å². The van der Waals surface area contributed by atoms with E-state index in [1.165, 1.54) is 6.07 Å². The van der Waals surface area contributed by atoms with Gasteiger partial charge in [-0.25, -0.2) is 18.0 Å². The second-order valence-electron chi connectivity index (χ2n) is 8.16. The number of benzene rings is 4. The Morgan fingerprint density at radius 1 is 0.829 bits per heavy atom. The summed E-state index contributed by atoms with van der Waals surface area (Å²) < 4.78 is 47.8. The minimum Gasteiger partial charge on any atom is -0.493 e. The van der Waals surface area contributed by atoms with Crippen molar-refractivity contribution < 1.29 is 27.8 Å². The maximum absolute atomic E-state index is 14.5. The van der Waals surface area contributed by atoms with Crippen LogP contribution in [0.25, 0.3) is 32.8 Å². The molecule has 1 aromatic heterocycles. The number of aromatic carboxylic acids is 1. The van der Waals surface area contributed by atoms with Gasteiger partial charge >= 0.3 is 5.97 Å². The van der Waals surface area contributed by atoms with Gasteiger partial charge in [-0.1, -0.05) is 54.6 Å². The standard InChI is InChI=1S/C28H20F3NO3/c29-22-14-13-18(24(30)25(22)31)19-9-4-10-20-21(27(28(33)34)32-26(19)20)11-5-15-35-23-12-3-7-16-6-1-2-8-17(16)23/h1-4,6-10,12-14,32H,5,11,15H2,(H,33,34). The van der Waals surface area contributed by atoms with E-state index in [0.29, 0.717) is 35.9 Å². The van der Waals surface area contributed by atoms with Gasteiger partial charge in [-0.2, -0.15) is 0 Å². The van der Waals surface area contributed by atoms with Crippen LogP contribution in [0.1, 0.15) is 22.5 Å². The summed E-state index contributed by atoms with van der Waals surface area (Å²) in [5, 5.41) is 12.4. The van der Waals surface area contributed by atoms with Crippen molar-refractivity contribution in [1.29, 1.82) is 0 Å². The monoisotopic (exact) mass is 475 g/mol. The number of nitrogens with one attached hydrogen (secondary N) is 1. The highest BCUT2D eigenvalue weighted by Crippen LogP contribution is 2.35. The molecule has 1 heterocycles. The van der Waals surface area contributed by atoms with Gasteiger partial charge in [-0.15, -0.1) is 0 Å². The van der Waals surface area contributed by atoms with Crippen LogP contribution in [0.3, 0.4) is 0 Å². The quantitative estimate of drug-likeness (QED) is 0.195. The zero-order chi connectivity index (χ0) is 24.5. The number of fused-ring (bicyclic) bond motifs is 2. The van der Waals surface area contributed by atoms with Gasteiger partial charge in [0.25, 0.3) is 0 Å². The van der Waals surface area contributed by atoms with Crippen molar-refractivity contribution in [1.82, 2.24) is 4.98 Å². The molecule has 0 bridgehead atoms. The largest absolute Gasteiger partial charge is 0.493 e. The molecule has 35 heavy (non-hydrogen) atoms. The Bertz CT molecular complexity index is 1570. The van der Waals surface area contributed by atoms with E-state index in [4.69, 9.17) is 4.74 Å². The minimum atomic E-state index is -1.57. The summed E-state index contributed by atoms with van der Waals surface area (Å²) >= 11 is 0. The lowest BCUT2D eigenvalue weighted by Gasteiger charge is -2.10. The van der Waals surface area contributed by atoms with E-state index >= 15 is 0 Å². The molecule has 2 N–H and O–H groups in total. The number of carboxylic acids is 1. The highest BCUT2D eigenvalue weighted by molar-refractivity contribution is 6.03. The van der Waals surface area contributed by atoms with Crippen LogP contribution in [0.4, 0.5) is 13.2 Å². The van der Waals surface area contributed by atoms with Gasteiger partial charge in [0.1, 0.15) is 11.4 Å². The molecule has 5 aromatic rings. The van der Waals surface area contributed by atoms with Crippen LogP contribution in [-0.2, 0) is 6.42 Å². The number of aromatic nitrogens is 1. The molecular formula is C28H20F3NO3. The summed E-state index contributed by atoms with van der Waals surface area (Å²) in [6.07, 6.45) is 0.913. The zero-order valence-corrected chi connectivity index (χ0v) is 18.4. The van der Waals surface area contributed by atoms with Gasteiger partial charge in [-0.05, 0) is 42.0 Å². The number of ether oxygens (including phenoxy) is 1. The number of aromatic amines is 1. The first-order valence-corrected chi connectivity index (χ1v) is 11.1. The van der Waals surface area contributed by atoms with Crippen molar-refractivity contribution in [3.05, 3.63) is 102 Å². The summed E-state index contributed by atoms with van der Waals surface area (Å²) in [4.78, 5) is 14.8. The van der Waals surface area contributed by atoms with Gasteiger partial charge < -0.3 is 14.8 Å². The fraction of sp³-hybridized carbons (Fsp3) is 0.107. The molecule has 0 saturated carbocycles. The SMILES string of the molecule is O=C(O)c1[nH]c2c(-c3ccc(F)c(F)c3F)cccc2c1CCCOc1cccc2ccccc12. The Hall–Kier alpha value is -4.26. The Balaban J connectivity index is 1.44. The van der Waals surface area contributed by atoms with Crippen LogP contribution < -0.4 is 4.74 Å². The molecule has 176 valence electrons. The molecule has 0 unspecified atom stereocenters. The second kappa shape index (κ2) is 9.18. The van der Waals surface area contributed by atoms with Gasteiger partial charge in [0.05, 0.1) is 12.1 Å². The molecule has 0 aliphatic heterocycles. The molecule has 4 aromatic carbocycles. The highest BCUT2D eigenvalue weighted by Gasteiger charge is 2.22. The first kappa shape index (κ1) is 22.5. The third-order valence-electron chi connectivity index (χ3n) is 6.06. The second-order valence-corrected chi connectivity index (χ2v) is 8.16. The van der Waals surface area contributed by atoms with Gasteiger partial charge in [0.2, 0.25) is 0 Å². The molecule has 4 nitrogen and oxygen atoms in total. The smallest absolute Gasteiger partial charge is 0.352 e. The summed E-state index contributed by atoms with van der Waals surface area (Å²) in [6, 6.07) is 20.6. The molecule has 7 heteroatoms. The summed E-state index contributed by atoms with van der Waals surface area (Å²) in [5.41, 5.74) is 0.956. The molecule has 0 aliphatic carbocycles. The lowest BCUT2D eigenvalue weighted by atomic mass is 9.99. The third kappa shape index (κ3) is 4.10. The van der Waals surface area contributed by atoms with Crippen LogP contribution in [-0.4, -0.2) is 22.7 Å². The number of halogens is 3. The van der Waals surface area contributed by atoms with Crippen LogP contribution >= 0.6 is 0 Å². The van der Waals surface area contributed by atoms with E-state index in [9.17, 15) is 23.1 Å². The van der Waals surface area contributed by atoms with Gasteiger partial charge in [-0.3, -0.25) is 0 Å². The zero-order valence-electron chi connectivity index (χ0n) is 18.4. The van der Waals surface area contributed by atoms with Crippen molar-refractivity contribution in [2.75, 3.05) is 6.61 Å². The molecule has 0 atom stereocenters. The van der Waals surface area contributed by atoms with Crippen molar-refractivity contribution in [3.63, 3.8) is 0 Å². The normalized spacial score (nSPS) is 11.3. The van der Waals surface area contributed by atoms with E-state index in [0.717, 1.165) is 28.7 Å². The van der Waals surface area contributed by atoms with E-state index in [1.54, 1.807) is 12.1 Å². The number of carboxylic acid groups (broad SMARTS) is 1. The lowest BCUT2D eigenvalue weighted by Crippen LogP contribution is -2.04. The molecular weight excluding hydrogens is 455 g/mol. The minimum absolute atomic E-state index is 0.0272. The van der Waals surface area contributed by atoms with Gasteiger partial charge in [0.15, 0.2) is 17.5 Å². The maximum atomic E-state index is 14.5. The molecule has 0 amide bonds. The van der Waals surface area contributed by atoms with E-state index in [1.807, 2.05) is 42.5 Å².